The Bertz CT molecular complexity index is 724. The number of nitrogens with zero attached hydrogens (tertiary/aromatic N) is 4. The van der Waals surface area contributed by atoms with Crippen molar-refractivity contribution in [1.82, 2.24) is 20.2 Å². The predicted octanol–water partition coefficient (Wildman–Crippen LogP) is 2.93. The molecule has 0 saturated carbocycles. The molecule has 0 saturated heterocycles. The van der Waals surface area contributed by atoms with Gasteiger partial charge in [0.2, 0.25) is 5.89 Å². The Hall–Kier alpha value is -2.21. The maximum atomic E-state index is 5.43. The number of hydrogen-bond acceptors (Lipinski definition) is 6. The summed E-state index contributed by atoms with van der Waals surface area (Å²) in [5, 5.41) is 7.80. The van der Waals surface area contributed by atoms with E-state index in [0.717, 1.165) is 11.3 Å². The second kappa shape index (κ2) is 5.42. The number of aryl methyl sites for hydroxylation is 1. The summed E-state index contributed by atoms with van der Waals surface area (Å²) in [6.07, 6.45) is 3.32. The summed E-state index contributed by atoms with van der Waals surface area (Å²) in [6.45, 7) is 2.04. The molecule has 1 aromatic carbocycles. The molecule has 0 aliphatic heterocycles. The van der Waals surface area contributed by atoms with Crippen LogP contribution < -0.4 is 0 Å². The van der Waals surface area contributed by atoms with Crippen molar-refractivity contribution in [3.8, 4) is 22.8 Å². The third kappa shape index (κ3) is 2.55. The van der Waals surface area contributed by atoms with E-state index in [-0.39, 0.29) is 0 Å². The van der Waals surface area contributed by atoms with E-state index in [9.17, 15) is 0 Å². The van der Waals surface area contributed by atoms with E-state index in [1.54, 1.807) is 12.4 Å². The van der Waals surface area contributed by atoms with Gasteiger partial charge in [-0.2, -0.15) is 12.6 Å². The van der Waals surface area contributed by atoms with Gasteiger partial charge in [0.15, 0.2) is 0 Å². The van der Waals surface area contributed by atoms with E-state index in [1.807, 2.05) is 31.2 Å². The average Bonchev–Trinajstić information content (AvgIpc) is 2.97. The summed E-state index contributed by atoms with van der Waals surface area (Å²) in [7, 11) is 0. The zero-order valence-electron chi connectivity index (χ0n) is 10.8. The second-order valence-electron chi connectivity index (χ2n) is 4.31. The molecule has 5 nitrogen and oxygen atoms in total. The molecule has 0 N–H and O–H groups in total. The molecule has 0 fully saturated rings. The summed E-state index contributed by atoms with van der Waals surface area (Å²) >= 11 is 4.09. The van der Waals surface area contributed by atoms with Gasteiger partial charge in [-0.3, -0.25) is 4.98 Å². The quantitative estimate of drug-likeness (QED) is 0.749. The highest BCUT2D eigenvalue weighted by atomic mass is 32.1. The first-order chi connectivity index (χ1) is 9.76. The number of benzene rings is 1. The smallest absolute Gasteiger partial charge is 0.267 e. The van der Waals surface area contributed by atoms with Crippen molar-refractivity contribution in [1.29, 1.82) is 0 Å². The molecular formula is C14H12N4OS. The summed E-state index contributed by atoms with van der Waals surface area (Å²) in [6, 6.07) is 8.09. The first kappa shape index (κ1) is 12.8. The monoisotopic (exact) mass is 284 g/mol. The summed E-state index contributed by atoms with van der Waals surface area (Å²) < 4.78 is 5.43. The van der Waals surface area contributed by atoms with E-state index in [2.05, 4.69) is 32.8 Å². The van der Waals surface area contributed by atoms with Gasteiger partial charge in [-0.15, -0.1) is 10.2 Å². The number of rotatable bonds is 3. The topological polar surface area (TPSA) is 64.7 Å². The van der Waals surface area contributed by atoms with E-state index in [4.69, 9.17) is 4.42 Å². The Labute approximate surface area is 121 Å². The van der Waals surface area contributed by atoms with Gasteiger partial charge in [0, 0.05) is 5.56 Å². The van der Waals surface area contributed by atoms with Gasteiger partial charge < -0.3 is 4.42 Å². The molecule has 0 unspecified atom stereocenters. The van der Waals surface area contributed by atoms with Crippen molar-refractivity contribution in [3.63, 3.8) is 0 Å². The first-order valence-corrected chi connectivity index (χ1v) is 6.72. The Morgan fingerprint density at radius 3 is 2.50 bits per heavy atom. The Kier molecular flexibility index (Phi) is 3.47. The first-order valence-electron chi connectivity index (χ1n) is 6.09. The molecule has 0 spiro atoms. The Morgan fingerprint density at radius 1 is 1.05 bits per heavy atom. The lowest BCUT2D eigenvalue weighted by molar-refractivity contribution is 0.527. The zero-order chi connectivity index (χ0) is 13.9. The van der Waals surface area contributed by atoms with Gasteiger partial charge in [0.05, 0.1) is 23.8 Å². The molecule has 0 aliphatic carbocycles. The highest BCUT2D eigenvalue weighted by Crippen LogP contribution is 2.21. The standard InChI is InChI=1S/C14H12N4OS/c1-9-2-4-10(5-3-9)11-6-15-7-12(16-11)14-18-17-13(8-20)19-14/h2-7,20H,8H2,1H3. The molecular weight excluding hydrogens is 272 g/mol. The number of hydrogen-bond donors (Lipinski definition) is 1. The number of thiol groups is 1. The van der Waals surface area contributed by atoms with Gasteiger partial charge in [-0.1, -0.05) is 29.8 Å². The van der Waals surface area contributed by atoms with Gasteiger partial charge in [-0.05, 0) is 6.92 Å². The summed E-state index contributed by atoms with van der Waals surface area (Å²) in [5.41, 5.74) is 3.53. The number of aromatic nitrogens is 4. The molecule has 0 amide bonds. The lowest BCUT2D eigenvalue weighted by Crippen LogP contribution is -1.90. The van der Waals surface area contributed by atoms with Crippen LogP contribution in [0.2, 0.25) is 0 Å². The SMILES string of the molecule is Cc1ccc(-c2cncc(-c3nnc(CS)o3)n2)cc1. The van der Waals surface area contributed by atoms with E-state index < -0.39 is 0 Å². The molecule has 2 aromatic heterocycles. The van der Waals surface area contributed by atoms with Crippen LogP contribution in [0.25, 0.3) is 22.8 Å². The van der Waals surface area contributed by atoms with Crippen molar-refractivity contribution < 1.29 is 4.42 Å². The molecule has 2 heterocycles. The van der Waals surface area contributed by atoms with Crippen molar-refractivity contribution in [2.45, 2.75) is 12.7 Å². The molecule has 0 bridgehead atoms. The van der Waals surface area contributed by atoms with E-state index in [1.165, 1.54) is 5.56 Å². The molecule has 20 heavy (non-hydrogen) atoms. The highest BCUT2D eigenvalue weighted by Gasteiger charge is 2.10. The lowest BCUT2D eigenvalue weighted by Gasteiger charge is -2.02. The molecule has 100 valence electrons. The van der Waals surface area contributed by atoms with Gasteiger partial charge in [-0.25, -0.2) is 4.98 Å². The fourth-order valence-electron chi connectivity index (χ4n) is 1.75. The van der Waals surface area contributed by atoms with Gasteiger partial charge in [0.25, 0.3) is 5.89 Å². The van der Waals surface area contributed by atoms with Crippen LogP contribution in [0.1, 0.15) is 11.5 Å². The molecule has 0 atom stereocenters. The van der Waals surface area contributed by atoms with Crippen molar-refractivity contribution >= 4 is 12.6 Å². The third-order valence-corrected chi connectivity index (χ3v) is 3.07. The van der Waals surface area contributed by atoms with Crippen LogP contribution in [0.3, 0.4) is 0 Å². The largest absolute Gasteiger partial charge is 0.418 e. The summed E-state index contributed by atoms with van der Waals surface area (Å²) in [5.74, 6) is 1.22. The fourth-order valence-corrected chi connectivity index (χ4v) is 1.88. The fraction of sp³-hybridized carbons (Fsp3) is 0.143. The maximum Gasteiger partial charge on any atom is 0.267 e. The van der Waals surface area contributed by atoms with E-state index >= 15 is 0 Å². The van der Waals surface area contributed by atoms with Crippen LogP contribution in [0.5, 0.6) is 0 Å². The van der Waals surface area contributed by atoms with E-state index in [0.29, 0.717) is 23.2 Å². The van der Waals surface area contributed by atoms with Gasteiger partial charge >= 0.3 is 0 Å². The summed E-state index contributed by atoms with van der Waals surface area (Å²) in [4.78, 5) is 8.69. The lowest BCUT2D eigenvalue weighted by atomic mass is 10.1. The highest BCUT2D eigenvalue weighted by molar-refractivity contribution is 7.79. The molecule has 6 heteroatoms. The minimum atomic E-state index is 0.357. The van der Waals surface area contributed by atoms with Gasteiger partial charge in [0.1, 0.15) is 5.69 Å². The molecule has 3 rings (SSSR count). The second-order valence-corrected chi connectivity index (χ2v) is 4.63. The van der Waals surface area contributed by atoms with Crippen molar-refractivity contribution in [2.24, 2.45) is 0 Å². The Balaban J connectivity index is 1.98. The minimum Gasteiger partial charge on any atom is -0.418 e. The molecule has 0 radical (unpaired) electrons. The van der Waals surface area contributed by atoms with Crippen LogP contribution in [-0.4, -0.2) is 20.2 Å². The van der Waals surface area contributed by atoms with Crippen LogP contribution in [0.4, 0.5) is 0 Å². The molecule has 3 aromatic rings. The third-order valence-electron chi connectivity index (χ3n) is 2.80. The minimum absolute atomic E-state index is 0.357. The van der Waals surface area contributed by atoms with Crippen LogP contribution in [0.15, 0.2) is 41.1 Å². The normalized spacial score (nSPS) is 10.7. The average molecular weight is 284 g/mol. The van der Waals surface area contributed by atoms with Crippen molar-refractivity contribution in [3.05, 3.63) is 48.1 Å². The zero-order valence-corrected chi connectivity index (χ0v) is 11.7. The Morgan fingerprint density at radius 2 is 1.80 bits per heavy atom. The van der Waals surface area contributed by atoms with Crippen molar-refractivity contribution in [2.75, 3.05) is 0 Å². The molecule has 0 aliphatic rings. The van der Waals surface area contributed by atoms with Crippen LogP contribution >= 0.6 is 12.6 Å². The van der Waals surface area contributed by atoms with Crippen LogP contribution in [0, 0.1) is 6.92 Å². The predicted molar refractivity (Wildman–Crippen MR) is 78.2 cm³/mol. The van der Waals surface area contributed by atoms with Crippen LogP contribution in [-0.2, 0) is 5.75 Å². The maximum absolute atomic E-state index is 5.43.